The molecule has 0 unspecified atom stereocenters. The van der Waals surface area contributed by atoms with Crippen molar-refractivity contribution < 1.29 is 36.4 Å². The van der Waals surface area contributed by atoms with Gasteiger partial charge in [-0.25, -0.2) is 0 Å². The molecule has 3 heteroatoms. The first-order valence-corrected chi connectivity index (χ1v) is 3.70. The van der Waals surface area contributed by atoms with E-state index in [1.807, 2.05) is 27.7 Å². The summed E-state index contributed by atoms with van der Waals surface area (Å²) in [4.78, 5) is 0. The zero-order valence-electron chi connectivity index (χ0n) is 7.89. The van der Waals surface area contributed by atoms with Crippen molar-refractivity contribution in [2.24, 2.45) is 11.8 Å². The Hall–Kier alpha value is 0.803. The van der Waals surface area contributed by atoms with E-state index in [2.05, 4.69) is 0 Å². The van der Waals surface area contributed by atoms with E-state index >= 15 is 0 Å². The van der Waals surface area contributed by atoms with Crippen molar-refractivity contribution in [2.75, 3.05) is 13.2 Å². The standard InChI is InChI=1S/2C4H9O.Zr/c2*1-4(2)3-5;/h2*4H,3H2,1-2H3;/q2*-1;+4. The molecule has 11 heavy (non-hydrogen) atoms. The first-order chi connectivity index (χ1) is 4.54. The topological polar surface area (TPSA) is 46.1 Å². The van der Waals surface area contributed by atoms with Crippen LogP contribution in [0.4, 0.5) is 0 Å². The largest absolute Gasteiger partial charge is 4.00 e. The molecule has 0 amide bonds. The molecule has 0 aromatic rings. The van der Waals surface area contributed by atoms with Crippen LogP contribution in [0.3, 0.4) is 0 Å². The molecule has 0 saturated carbocycles. The van der Waals surface area contributed by atoms with E-state index in [-0.39, 0.29) is 39.4 Å². The molecule has 0 bridgehead atoms. The second-order valence-electron chi connectivity index (χ2n) is 3.12. The second-order valence-corrected chi connectivity index (χ2v) is 3.12. The fourth-order valence-corrected chi connectivity index (χ4v) is 0. The van der Waals surface area contributed by atoms with Gasteiger partial charge < -0.3 is 10.2 Å². The van der Waals surface area contributed by atoms with Gasteiger partial charge in [-0.3, -0.25) is 0 Å². The van der Waals surface area contributed by atoms with Crippen LogP contribution in [0.2, 0.25) is 0 Å². The molecule has 0 saturated heterocycles. The maximum Gasteiger partial charge on any atom is 4.00 e. The van der Waals surface area contributed by atoms with E-state index in [4.69, 9.17) is 0 Å². The first kappa shape index (κ1) is 17.8. The molecular weight excluding hydrogens is 219 g/mol. The van der Waals surface area contributed by atoms with Crippen LogP contribution in [0.15, 0.2) is 0 Å². The van der Waals surface area contributed by atoms with Crippen molar-refractivity contribution in [3.63, 3.8) is 0 Å². The molecule has 0 spiro atoms. The summed E-state index contributed by atoms with van der Waals surface area (Å²) in [6.45, 7) is 7.75. The third-order valence-electron chi connectivity index (χ3n) is 0.667. The summed E-state index contributed by atoms with van der Waals surface area (Å²) in [6.07, 6.45) is 0. The third kappa shape index (κ3) is 36.3. The maximum atomic E-state index is 9.63. The Bertz CT molecular complexity index is 48.1. The van der Waals surface area contributed by atoms with Crippen LogP contribution in [0.25, 0.3) is 0 Å². The van der Waals surface area contributed by atoms with Gasteiger partial charge in [-0.2, -0.15) is 0 Å². The molecule has 0 aliphatic rings. The van der Waals surface area contributed by atoms with Crippen LogP contribution >= 0.6 is 0 Å². The summed E-state index contributed by atoms with van der Waals surface area (Å²) in [5, 5.41) is 19.3. The number of hydrogen-bond acceptors (Lipinski definition) is 2. The minimum atomic E-state index is 0. The molecule has 0 rings (SSSR count). The molecular formula is C8H18O2Zr+2. The molecule has 0 N–H and O–H groups in total. The summed E-state index contributed by atoms with van der Waals surface area (Å²) in [5.74, 6) is 0.657. The number of rotatable bonds is 2. The zero-order valence-corrected chi connectivity index (χ0v) is 10.3. The van der Waals surface area contributed by atoms with Crippen LogP contribution in [0.5, 0.6) is 0 Å². The molecule has 0 aromatic heterocycles. The average molecular weight is 237 g/mol. The van der Waals surface area contributed by atoms with Gasteiger partial charge in [0.25, 0.3) is 0 Å². The molecule has 0 aliphatic heterocycles. The summed E-state index contributed by atoms with van der Waals surface area (Å²) in [5.41, 5.74) is 0. The van der Waals surface area contributed by atoms with Crippen LogP contribution in [0.1, 0.15) is 27.7 Å². The third-order valence-corrected chi connectivity index (χ3v) is 0.667. The maximum absolute atomic E-state index is 9.63. The van der Waals surface area contributed by atoms with Gasteiger partial charge in [0.1, 0.15) is 0 Å². The van der Waals surface area contributed by atoms with Crippen molar-refractivity contribution >= 4 is 0 Å². The Morgan fingerprint density at radius 3 is 0.909 bits per heavy atom. The Morgan fingerprint density at radius 1 is 0.818 bits per heavy atom. The van der Waals surface area contributed by atoms with Gasteiger partial charge in [0, 0.05) is 0 Å². The Kier molecular flexibility index (Phi) is 21.6. The summed E-state index contributed by atoms with van der Waals surface area (Å²) in [7, 11) is 0. The SMILES string of the molecule is CC(C)C[O-].CC(C)C[O-].[Zr+4]. The summed E-state index contributed by atoms with van der Waals surface area (Å²) >= 11 is 0. The van der Waals surface area contributed by atoms with Crippen LogP contribution in [0, 0.1) is 11.8 Å². The van der Waals surface area contributed by atoms with Crippen LogP contribution in [-0.2, 0) is 26.2 Å². The molecule has 0 aliphatic carbocycles. The smallest absolute Gasteiger partial charge is 0.854 e. The van der Waals surface area contributed by atoms with Crippen molar-refractivity contribution in [3.05, 3.63) is 0 Å². The summed E-state index contributed by atoms with van der Waals surface area (Å²) in [6, 6.07) is 0. The van der Waals surface area contributed by atoms with Crippen LogP contribution in [-0.4, -0.2) is 13.2 Å². The fourth-order valence-electron chi connectivity index (χ4n) is 0. The quantitative estimate of drug-likeness (QED) is 0.679. The van der Waals surface area contributed by atoms with Gasteiger partial charge in [-0.05, 0) is 0 Å². The number of hydrogen-bond donors (Lipinski definition) is 0. The van der Waals surface area contributed by atoms with Crippen molar-refractivity contribution in [1.82, 2.24) is 0 Å². The van der Waals surface area contributed by atoms with Gasteiger partial charge in [0.2, 0.25) is 0 Å². The molecule has 2 nitrogen and oxygen atoms in total. The normalized spacial score (nSPS) is 8.73. The van der Waals surface area contributed by atoms with Crippen molar-refractivity contribution in [2.45, 2.75) is 27.7 Å². The van der Waals surface area contributed by atoms with E-state index in [0.717, 1.165) is 0 Å². The first-order valence-electron chi connectivity index (χ1n) is 3.70. The van der Waals surface area contributed by atoms with Crippen molar-refractivity contribution in [3.8, 4) is 0 Å². The Balaban J connectivity index is -0.000000107. The van der Waals surface area contributed by atoms with E-state index in [1.165, 1.54) is 0 Å². The molecule has 64 valence electrons. The molecule has 0 radical (unpaired) electrons. The minimum Gasteiger partial charge on any atom is -0.854 e. The predicted octanol–water partition coefficient (Wildman–Crippen LogP) is 0.00290. The average Bonchev–Trinajstić information content (AvgIpc) is 1.89. The second kappa shape index (κ2) is 13.4. The molecule has 0 heterocycles. The fraction of sp³-hybridized carbons (Fsp3) is 1.00. The Morgan fingerprint density at radius 2 is 0.909 bits per heavy atom. The van der Waals surface area contributed by atoms with Gasteiger partial charge in [-0.15, -0.1) is 13.2 Å². The van der Waals surface area contributed by atoms with Gasteiger partial charge in [0.05, 0.1) is 0 Å². The Labute approximate surface area is 89.1 Å². The minimum absolute atomic E-state index is 0. The predicted molar refractivity (Wildman–Crippen MR) is 39.4 cm³/mol. The van der Waals surface area contributed by atoms with E-state index in [9.17, 15) is 10.2 Å². The van der Waals surface area contributed by atoms with E-state index in [0.29, 0.717) is 11.8 Å². The van der Waals surface area contributed by atoms with Crippen molar-refractivity contribution in [1.29, 1.82) is 0 Å². The molecule has 0 fully saturated rings. The van der Waals surface area contributed by atoms with E-state index in [1.54, 1.807) is 0 Å². The summed E-state index contributed by atoms with van der Waals surface area (Å²) < 4.78 is 0. The molecule has 0 atom stereocenters. The van der Waals surface area contributed by atoms with Gasteiger partial charge in [0.15, 0.2) is 0 Å². The monoisotopic (exact) mass is 236 g/mol. The van der Waals surface area contributed by atoms with Gasteiger partial charge in [-0.1, -0.05) is 39.5 Å². The zero-order chi connectivity index (χ0) is 8.57. The van der Waals surface area contributed by atoms with Gasteiger partial charge >= 0.3 is 26.2 Å². The molecule has 0 aromatic carbocycles. The van der Waals surface area contributed by atoms with Crippen LogP contribution < -0.4 is 10.2 Å². The van der Waals surface area contributed by atoms with E-state index < -0.39 is 0 Å².